The Kier molecular flexibility index (Phi) is 7.27. The Morgan fingerprint density at radius 2 is 1.97 bits per heavy atom. The van der Waals surface area contributed by atoms with Crippen LogP contribution < -0.4 is 32.4 Å². The average Bonchev–Trinajstić information content (AvgIpc) is 3.23. The zero-order valence-corrected chi connectivity index (χ0v) is 18.5. The molecule has 0 radical (unpaired) electrons. The molecule has 2 aromatic carbocycles. The van der Waals surface area contributed by atoms with Crippen LogP contribution in [0.15, 0.2) is 44.8 Å². The first-order valence-corrected chi connectivity index (χ1v) is 9.87. The third kappa shape index (κ3) is 5.02. The van der Waals surface area contributed by atoms with E-state index in [1.807, 2.05) is 0 Å². The van der Waals surface area contributed by atoms with Crippen molar-refractivity contribution in [1.29, 1.82) is 0 Å². The van der Waals surface area contributed by atoms with Crippen molar-refractivity contribution >= 4 is 46.4 Å². The summed E-state index contributed by atoms with van der Waals surface area (Å²) in [6.07, 6.45) is 1.21. The van der Waals surface area contributed by atoms with Gasteiger partial charge in [0, 0.05) is 18.8 Å². The van der Waals surface area contributed by atoms with Crippen LogP contribution in [0.5, 0.6) is 0 Å². The standard InChI is InChI=1S/C11H9ClFN3O2.C9H7N3O5/c12-15-4-5-1-2-6(13)7(3-5)16-9-8(14)10(17)11(9)18;1-17-8(15)5-2-4(7(13)14)11-6-3-10-9(16)12(5)6/h1-3,15-16H,4,14H2;2-3H,1H3,(H,10,16)(H,13,14). The van der Waals surface area contributed by atoms with E-state index in [0.29, 0.717) is 12.1 Å². The number of aromatic nitrogens is 3. The van der Waals surface area contributed by atoms with Crippen LogP contribution in [0.3, 0.4) is 0 Å². The van der Waals surface area contributed by atoms with Gasteiger partial charge < -0.3 is 25.9 Å². The predicted molar refractivity (Wildman–Crippen MR) is 122 cm³/mol. The zero-order valence-electron chi connectivity index (χ0n) is 17.7. The lowest BCUT2D eigenvalue weighted by Gasteiger charge is -2.11. The number of imidazole rings is 1. The number of H-pyrrole nitrogens is 1. The number of rotatable bonds is 6. The van der Waals surface area contributed by atoms with Crippen LogP contribution in [0.4, 0.5) is 21.5 Å². The van der Waals surface area contributed by atoms with Gasteiger partial charge in [0.05, 0.1) is 12.8 Å². The van der Waals surface area contributed by atoms with Crippen molar-refractivity contribution in [3.8, 4) is 0 Å². The van der Waals surface area contributed by atoms with E-state index in [4.69, 9.17) is 22.6 Å². The van der Waals surface area contributed by atoms with Crippen molar-refractivity contribution in [1.82, 2.24) is 19.2 Å². The van der Waals surface area contributed by atoms with Crippen LogP contribution in [-0.4, -0.2) is 38.5 Å². The largest absolute Gasteiger partial charge is 0.477 e. The highest BCUT2D eigenvalue weighted by Gasteiger charge is 2.19. The molecule has 2 aromatic heterocycles. The average molecular weight is 507 g/mol. The molecular formula is C20H16ClFN6O7. The number of aromatic carboxylic acids is 1. The molecule has 0 bridgehead atoms. The van der Waals surface area contributed by atoms with Crippen LogP contribution >= 0.6 is 11.8 Å². The van der Waals surface area contributed by atoms with Crippen molar-refractivity contribution in [2.45, 2.75) is 6.54 Å². The van der Waals surface area contributed by atoms with Crippen LogP contribution in [0, 0.1) is 5.82 Å². The number of benzene rings is 1. The molecule has 0 saturated carbocycles. The number of carbonyl (C=O) groups excluding carboxylic acids is 1. The van der Waals surface area contributed by atoms with E-state index >= 15 is 0 Å². The normalized spacial score (nSPS) is 10.6. The number of nitrogen functional groups attached to an aromatic ring is 1. The second-order valence-corrected chi connectivity index (χ2v) is 7.07. The smallest absolute Gasteiger partial charge is 0.355 e. The molecule has 182 valence electrons. The molecule has 0 amide bonds. The molecule has 4 rings (SSSR count). The van der Waals surface area contributed by atoms with Gasteiger partial charge in [-0.25, -0.2) is 33.0 Å². The molecule has 0 aliphatic heterocycles. The lowest BCUT2D eigenvalue weighted by atomic mass is 10.1. The van der Waals surface area contributed by atoms with Crippen LogP contribution in [0.2, 0.25) is 0 Å². The number of fused-ring (bicyclic) bond motifs is 1. The van der Waals surface area contributed by atoms with Gasteiger partial charge in [-0.15, -0.1) is 0 Å². The number of esters is 1. The molecule has 13 nitrogen and oxygen atoms in total. The molecule has 0 spiro atoms. The van der Waals surface area contributed by atoms with E-state index in [1.165, 1.54) is 18.3 Å². The maximum atomic E-state index is 13.5. The van der Waals surface area contributed by atoms with E-state index in [2.05, 4.69) is 24.9 Å². The first kappa shape index (κ1) is 25.1. The number of nitrogens with one attached hydrogen (secondary N) is 3. The minimum absolute atomic E-state index is 0.0373. The van der Waals surface area contributed by atoms with Gasteiger partial charge >= 0.3 is 17.6 Å². The topological polar surface area (TPSA) is 198 Å². The highest BCUT2D eigenvalue weighted by molar-refractivity contribution is 6.13. The summed E-state index contributed by atoms with van der Waals surface area (Å²) in [7, 11) is 1.13. The van der Waals surface area contributed by atoms with Gasteiger partial charge in [0.2, 0.25) is 0 Å². The molecule has 0 unspecified atom stereocenters. The SMILES string of the molecule is COC(=O)c1cc(C(=O)O)nc2c[nH]c(=O)n12.Nc1c(Nc2cc(CNCl)ccc2F)c(=O)c1=O. The molecule has 0 fully saturated rings. The molecule has 0 saturated heterocycles. The maximum Gasteiger partial charge on any atom is 0.355 e. The Balaban J connectivity index is 0.000000196. The Labute approximate surface area is 198 Å². The summed E-state index contributed by atoms with van der Waals surface area (Å²) < 4.78 is 18.9. The fraction of sp³-hybridized carbons (Fsp3) is 0.100. The first-order chi connectivity index (χ1) is 16.6. The van der Waals surface area contributed by atoms with Crippen molar-refractivity contribution in [2.24, 2.45) is 0 Å². The Morgan fingerprint density at radius 3 is 2.57 bits per heavy atom. The molecular weight excluding hydrogens is 491 g/mol. The number of carbonyl (C=O) groups is 2. The summed E-state index contributed by atoms with van der Waals surface area (Å²) in [5.41, 5.74) is 3.28. The highest BCUT2D eigenvalue weighted by Crippen LogP contribution is 2.22. The van der Waals surface area contributed by atoms with Gasteiger partial charge in [0.15, 0.2) is 11.3 Å². The number of ether oxygens (including phenoxy) is 1. The van der Waals surface area contributed by atoms with Gasteiger partial charge in [-0.05, 0) is 29.5 Å². The summed E-state index contributed by atoms with van der Waals surface area (Å²) in [5.74, 6) is -2.67. The molecule has 6 N–H and O–H groups in total. The van der Waals surface area contributed by atoms with Crippen molar-refractivity contribution in [3.05, 3.63) is 84.2 Å². The summed E-state index contributed by atoms with van der Waals surface area (Å²) in [6, 6.07) is 5.23. The fourth-order valence-corrected chi connectivity index (χ4v) is 3.07. The number of hydrogen-bond acceptors (Lipinski definition) is 10. The summed E-state index contributed by atoms with van der Waals surface area (Å²) in [6.45, 7) is 0.331. The van der Waals surface area contributed by atoms with Crippen molar-refractivity contribution < 1.29 is 23.8 Å². The Bertz CT molecular complexity index is 1570. The summed E-state index contributed by atoms with van der Waals surface area (Å²) >= 11 is 5.35. The van der Waals surface area contributed by atoms with Gasteiger partial charge in [0.1, 0.15) is 22.9 Å². The summed E-state index contributed by atoms with van der Waals surface area (Å²) in [4.78, 5) is 64.2. The second-order valence-electron chi connectivity index (χ2n) is 6.81. The number of methoxy groups -OCH3 is 1. The van der Waals surface area contributed by atoms with E-state index in [0.717, 1.165) is 17.6 Å². The van der Waals surface area contributed by atoms with E-state index < -0.39 is 34.3 Å². The first-order valence-electron chi connectivity index (χ1n) is 9.49. The number of carboxylic acids is 1. The van der Waals surface area contributed by atoms with E-state index in [1.54, 1.807) is 6.07 Å². The minimum atomic E-state index is -1.30. The molecule has 0 atom stereocenters. The molecule has 0 aliphatic carbocycles. The second kappa shape index (κ2) is 10.1. The molecule has 2 heterocycles. The van der Waals surface area contributed by atoms with Crippen molar-refractivity contribution in [2.75, 3.05) is 18.2 Å². The van der Waals surface area contributed by atoms with Crippen LogP contribution in [0.25, 0.3) is 5.65 Å². The third-order valence-electron chi connectivity index (χ3n) is 4.63. The number of halogens is 2. The molecule has 0 aliphatic rings. The van der Waals surface area contributed by atoms with E-state index in [9.17, 15) is 28.4 Å². The van der Waals surface area contributed by atoms with Gasteiger partial charge in [0.25, 0.3) is 10.9 Å². The van der Waals surface area contributed by atoms with Gasteiger partial charge in [-0.2, -0.15) is 0 Å². The number of aromatic amines is 1. The number of nitrogens with two attached hydrogens (primary N) is 1. The molecule has 15 heteroatoms. The quantitative estimate of drug-likeness (QED) is 0.138. The number of nitrogens with zero attached hydrogens (tertiary/aromatic N) is 2. The third-order valence-corrected chi connectivity index (χ3v) is 4.76. The van der Waals surface area contributed by atoms with Crippen LogP contribution in [0.1, 0.15) is 26.5 Å². The lowest BCUT2D eigenvalue weighted by molar-refractivity contribution is 0.0591. The van der Waals surface area contributed by atoms with Crippen LogP contribution in [-0.2, 0) is 11.3 Å². The molecule has 4 aromatic rings. The monoisotopic (exact) mass is 506 g/mol. The highest BCUT2D eigenvalue weighted by atomic mass is 35.5. The number of hydrogen-bond donors (Lipinski definition) is 5. The van der Waals surface area contributed by atoms with Crippen molar-refractivity contribution in [3.63, 3.8) is 0 Å². The maximum absolute atomic E-state index is 13.5. The Hall–Kier alpha value is -4.56. The Morgan fingerprint density at radius 1 is 1.26 bits per heavy atom. The summed E-state index contributed by atoms with van der Waals surface area (Å²) in [5, 5.41) is 11.3. The predicted octanol–water partition coefficient (Wildman–Crippen LogP) is 0.498. The minimum Gasteiger partial charge on any atom is -0.477 e. The number of anilines is 3. The number of carboxylic acid groups (broad SMARTS) is 1. The molecule has 35 heavy (non-hydrogen) atoms. The fourth-order valence-electron chi connectivity index (χ4n) is 2.91. The lowest BCUT2D eigenvalue weighted by Crippen LogP contribution is -2.36. The van der Waals surface area contributed by atoms with Gasteiger partial charge in [-0.3, -0.25) is 9.59 Å². The zero-order chi connectivity index (χ0) is 25.9. The van der Waals surface area contributed by atoms with E-state index in [-0.39, 0.29) is 34.1 Å². The van der Waals surface area contributed by atoms with Gasteiger partial charge in [-0.1, -0.05) is 6.07 Å².